The van der Waals surface area contributed by atoms with Crippen LogP contribution in [0.4, 0.5) is 34.1 Å². The first-order chi connectivity index (χ1) is 40.6. The van der Waals surface area contributed by atoms with E-state index < -0.39 is 0 Å². The van der Waals surface area contributed by atoms with Gasteiger partial charge in [-0.3, -0.25) is 0 Å². The molecule has 0 fully saturated rings. The summed E-state index contributed by atoms with van der Waals surface area (Å²) in [7, 11) is 0. The summed E-state index contributed by atoms with van der Waals surface area (Å²) in [6, 6.07) is 112. The summed E-state index contributed by atoms with van der Waals surface area (Å²) in [5.41, 5.74) is 23.2. The molecule has 0 saturated carbocycles. The summed E-state index contributed by atoms with van der Waals surface area (Å²) >= 11 is 0. The lowest BCUT2D eigenvalue weighted by Crippen LogP contribution is -2.14. The highest BCUT2D eigenvalue weighted by Gasteiger charge is 2.25. The summed E-state index contributed by atoms with van der Waals surface area (Å²) in [5, 5.41) is 4.55. The molecule has 390 valence electrons. The fourth-order valence-corrected chi connectivity index (χ4v) is 12.0. The maximum Gasteiger partial charge on any atom is 0.139 e. The molecule has 14 rings (SSSR count). The number of aryl methyl sites for hydroxylation is 3. The van der Waals surface area contributed by atoms with Crippen molar-refractivity contribution in [1.82, 2.24) is 0 Å². The molecule has 1 aromatic heterocycles. The van der Waals surface area contributed by atoms with Crippen molar-refractivity contribution in [3.63, 3.8) is 0 Å². The maximum absolute atomic E-state index is 7.23. The number of rotatable bonds is 14. The molecule has 1 heterocycles. The molecule has 3 nitrogen and oxygen atoms in total. The van der Waals surface area contributed by atoms with E-state index in [2.05, 4.69) is 326 Å². The molecule has 0 unspecified atom stereocenters. The van der Waals surface area contributed by atoms with E-state index in [0.717, 1.165) is 96.7 Å². The normalized spacial score (nSPS) is 11.3. The van der Waals surface area contributed by atoms with E-state index in [4.69, 9.17) is 4.42 Å². The van der Waals surface area contributed by atoms with E-state index in [1.807, 2.05) is 0 Å². The molecule has 0 bridgehead atoms. The smallest absolute Gasteiger partial charge is 0.139 e. The molecule has 0 radical (unpaired) electrons. The summed E-state index contributed by atoms with van der Waals surface area (Å²) in [6.45, 7) is 2.23. The van der Waals surface area contributed by atoms with Crippen molar-refractivity contribution in [1.29, 1.82) is 0 Å². The Bertz CT molecular complexity index is 4450. The van der Waals surface area contributed by atoms with E-state index in [1.54, 1.807) is 0 Å². The number of fused-ring (bicyclic) bond motifs is 4. The minimum Gasteiger partial charge on any atom is -0.456 e. The molecule has 14 aromatic rings. The predicted molar refractivity (Wildman–Crippen MR) is 346 cm³/mol. The van der Waals surface area contributed by atoms with Gasteiger partial charge in [-0.15, -0.1) is 0 Å². The molecular weight excluding hydrogens is 993 g/mol. The highest BCUT2D eigenvalue weighted by molar-refractivity contribution is 6.15. The van der Waals surface area contributed by atoms with Gasteiger partial charge in [0.25, 0.3) is 0 Å². The van der Waals surface area contributed by atoms with Gasteiger partial charge in [0, 0.05) is 50.5 Å². The number of para-hydroxylation sites is 1. The van der Waals surface area contributed by atoms with Gasteiger partial charge in [0.15, 0.2) is 0 Å². The Morgan fingerprint density at radius 3 is 1.30 bits per heavy atom. The summed E-state index contributed by atoms with van der Waals surface area (Å²) in [4.78, 5) is 4.86. The van der Waals surface area contributed by atoms with E-state index >= 15 is 0 Å². The van der Waals surface area contributed by atoms with Crippen LogP contribution in [0.1, 0.15) is 16.7 Å². The SMILES string of the molecule is Cc1ccccc1-c1cc(-c2cc(N(c3ccc(-c4ccccc4)cc3)c3ccc(-c4ccccc4)cc3)cc(N(c3ccc(-c4ccccc4)cc3)c3ccc4ccccc4c3)c2)c2c(oc3ccccc32)c1CCc1ccccc1. The summed E-state index contributed by atoms with van der Waals surface area (Å²) in [5.74, 6) is 0. The van der Waals surface area contributed by atoms with E-state index in [9.17, 15) is 0 Å². The van der Waals surface area contributed by atoms with Crippen molar-refractivity contribution in [2.75, 3.05) is 9.80 Å². The standard InChI is InChI=1S/C79H58N2O/c1-55-20-14-17-31-72(55)76-54-75(78-74-32-18-19-33-77(74)82-79(78)73(76)49-34-56-21-6-2-7-22-56)65-51-70(80(66-42-35-61(36-43-66)57-23-8-3-9-24-57)67-44-37-62(38-45-67)58-25-10-4-11-26-58)53-71(52-65)81(69-48-41-60-29-15-16-30-64(60)50-69)68-46-39-63(40-47-68)59-27-12-5-13-28-59/h2-33,35-48,50-54H,34,49H2,1H3. The number of hydrogen-bond donors (Lipinski definition) is 0. The Morgan fingerprint density at radius 1 is 0.293 bits per heavy atom. The van der Waals surface area contributed by atoms with Gasteiger partial charge in [-0.2, -0.15) is 0 Å². The lowest BCUT2D eigenvalue weighted by Gasteiger charge is -2.31. The molecule has 13 aromatic carbocycles. The van der Waals surface area contributed by atoms with Gasteiger partial charge in [-0.25, -0.2) is 0 Å². The average molecular weight is 1050 g/mol. The third kappa shape index (κ3) is 9.80. The summed E-state index contributed by atoms with van der Waals surface area (Å²) in [6.07, 6.45) is 1.67. The van der Waals surface area contributed by atoms with E-state index in [0.29, 0.717) is 0 Å². The number of furan rings is 1. The van der Waals surface area contributed by atoms with Crippen molar-refractivity contribution in [2.45, 2.75) is 19.8 Å². The molecule has 0 atom stereocenters. The van der Waals surface area contributed by atoms with Gasteiger partial charge >= 0.3 is 0 Å². The van der Waals surface area contributed by atoms with Crippen molar-refractivity contribution in [2.24, 2.45) is 0 Å². The minimum atomic E-state index is 0.802. The van der Waals surface area contributed by atoms with Crippen LogP contribution in [0, 0.1) is 6.92 Å². The number of benzene rings is 13. The number of nitrogens with zero attached hydrogens (tertiary/aromatic N) is 2. The zero-order valence-corrected chi connectivity index (χ0v) is 45.7. The van der Waals surface area contributed by atoms with Crippen molar-refractivity contribution in [3.05, 3.63) is 326 Å². The highest BCUT2D eigenvalue weighted by Crippen LogP contribution is 2.49. The monoisotopic (exact) mass is 1050 g/mol. The lowest BCUT2D eigenvalue weighted by atomic mass is 9.86. The first-order valence-corrected chi connectivity index (χ1v) is 28.3. The molecule has 0 aliphatic heterocycles. The van der Waals surface area contributed by atoms with Gasteiger partial charge < -0.3 is 14.2 Å². The molecule has 0 aliphatic rings. The van der Waals surface area contributed by atoms with Crippen LogP contribution >= 0.6 is 0 Å². The Morgan fingerprint density at radius 2 is 0.744 bits per heavy atom. The third-order valence-electron chi connectivity index (χ3n) is 16.1. The molecule has 0 aliphatic carbocycles. The average Bonchev–Trinajstić information content (AvgIpc) is 3.56. The lowest BCUT2D eigenvalue weighted by molar-refractivity contribution is 0.662. The maximum atomic E-state index is 7.23. The molecule has 0 N–H and O–H groups in total. The quantitative estimate of drug-likeness (QED) is 0.108. The zero-order chi connectivity index (χ0) is 54.8. The molecular formula is C79H58N2O. The van der Waals surface area contributed by atoms with Gasteiger partial charge in [-0.05, 0) is 176 Å². The second-order valence-corrected chi connectivity index (χ2v) is 21.2. The van der Waals surface area contributed by atoms with Crippen LogP contribution < -0.4 is 9.80 Å². The van der Waals surface area contributed by atoms with Crippen LogP contribution in [0.2, 0.25) is 0 Å². The molecule has 0 saturated heterocycles. The minimum absolute atomic E-state index is 0.802. The Labute approximate surface area is 479 Å². The van der Waals surface area contributed by atoms with Crippen LogP contribution in [0.5, 0.6) is 0 Å². The topological polar surface area (TPSA) is 19.6 Å². The second-order valence-electron chi connectivity index (χ2n) is 21.2. The van der Waals surface area contributed by atoms with Gasteiger partial charge in [0.1, 0.15) is 11.2 Å². The van der Waals surface area contributed by atoms with Crippen LogP contribution in [-0.4, -0.2) is 0 Å². The van der Waals surface area contributed by atoms with Crippen molar-refractivity contribution >= 4 is 66.8 Å². The predicted octanol–water partition coefficient (Wildman–Crippen LogP) is 22.1. The first-order valence-electron chi connectivity index (χ1n) is 28.3. The van der Waals surface area contributed by atoms with Crippen LogP contribution in [0.15, 0.2) is 314 Å². The number of anilines is 6. The third-order valence-corrected chi connectivity index (χ3v) is 16.1. The molecule has 0 spiro atoms. The largest absolute Gasteiger partial charge is 0.456 e. The van der Waals surface area contributed by atoms with Crippen molar-refractivity contribution < 1.29 is 4.42 Å². The van der Waals surface area contributed by atoms with Crippen LogP contribution in [0.25, 0.3) is 88.3 Å². The van der Waals surface area contributed by atoms with E-state index in [-0.39, 0.29) is 0 Å². The first kappa shape index (κ1) is 49.8. The van der Waals surface area contributed by atoms with Gasteiger partial charge in [0.2, 0.25) is 0 Å². The molecule has 82 heavy (non-hydrogen) atoms. The fraction of sp³-hybridized carbons (Fsp3) is 0.0380. The summed E-state index contributed by atoms with van der Waals surface area (Å²) < 4.78 is 7.23. The Hall–Kier alpha value is -10.5. The van der Waals surface area contributed by atoms with Crippen LogP contribution in [-0.2, 0) is 12.8 Å². The zero-order valence-electron chi connectivity index (χ0n) is 45.7. The van der Waals surface area contributed by atoms with E-state index in [1.165, 1.54) is 55.3 Å². The van der Waals surface area contributed by atoms with Crippen molar-refractivity contribution in [3.8, 4) is 55.6 Å². The fourth-order valence-electron chi connectivity index (χ4n) is 12.0. The Kier molecular flexibility index (Phi) is 13.3. The highest BCUT2D eigenvalue weighted by atomic mass is 16.3. The number of hydrogen-bond acceptors (Lipinski definition) is 3. The van der Waals surface area contributed by atoms with Gasteiger partial charge in [-0.1, -0.05) is 231 Å². The molecule has 0 amide bonds. The Balaban J connectivity index is 1.06. The van der Waals surface area contributed by atoms with Crippen LogP contribution in [0.3, 0.4) is 0 Å². The second kappa shape index (κ2) is 22.0. The molecule has 3 heteroatoms. The van der Waals surface area contributed by atoms with Gasteiger partial charge in [0.05, 0.1) is 0 Å².